The van der Waals surface area contributed by atoms with Gasteiger partial charge in [0, 0.05) is 23.3 Å². The van der Waals surface area contributed by atoms with Crippen LogP contribution in [0.3, 0.4) is 0 Å². The van der Waals surface area contributed by atoms with Gasteiger partial charge >= 0.3 is 0 Å². The Morgan fingerprint density at radius 3 is 2.68 bits per heavy atom. The Morgan fingerprint density at radius 2 is 1.93 bits per heavy atom. The van der Waals surface area contributed by atoms with Gasteiger partial charge in [0.15, 0.2) is 0 Å². The van der Waals surface area contributed by atoms with Crippen molar-refractivity contribution in [2.75, 3.05) is 5.32 Å². The molecule has 1 fully saturated rings. The van der Waals surface area contributed by atoms with Crippen LogP contribution in [0.15, 0.2) is 48.9 Å². The molecule has 8 heteroatoms. The number of nitrogens with one attached hydrogen (secondary N) is 2. The van der Waals surface area contributed by atoms with Crippen LogP contribution in [-0.2, 0) is 0 Å². The number of anilines is 1. The van der Waals surface area contributed by atoms with E-state index in [4.69, 9.17) is 11.6 Å². The van der Waals surface area contributed by atoms with E-state index in [1.807, 2.05) is 25.3 Å². The normalized spacial score (nSPS) is 18.8. The van der Waals surface area contributed by atoms with Crippen LogP contribution in [-0.4, -0.2) is 38.0 Å². The summed E-state index contributed by atoms with van der Waals surface area (Å²) in [5.41, 5.74) is 2.15. The van der Waals surface area contributed by atoms with Gasteiger partial charge in [0.05, 0.1) is 23.6 Å². The summed E-state index contributed by atoms with van der Waals surface area (Å²) in [6.45, 7) is 2.01. The minimum atomic E-state index is -0.189. The van der Waals surface area contributed by atoms with Crippen molar-refractivity contribution in [1.82, 2.24) is 25.3 Å². The molecule has 3 aromatic rings. The minimum absolute atomic E-state index is 0.00742. The third kappa shape index (κ3) is 3.99. The highest BCUT2D eigenvalue weighted by atomic mass is 35.5. The van der Waals surface area contributed by atoms with Crippen molar-refractivity contribution in [2.24, 2.45) is 0 Å². The quantitative estimate of drug-likeness (QED) is 0.690. The smallest absolute Gasteiger partial charge is 0.253 e. The average Bonchev–Trinajstić information content (AvgIpc) is 3.36. The summed E-state index contributed by atoms with van der Waals surface area (Å²) < 4.78 is 0. The van der Waals surface area contributed by atoms with Crippen LogP contribution in [0.2, 0.25) is 5.02 Å². The lowest BCUT2D eigenvalue weighted by Gasteiger charge is -2.23. The molecule has 4 rings (SSSR count). The number of amides is 1. The first kappa shape index (κ1) is 18.4. The molecule has 0 aliphatic heterocycles. The van der Waals surface area contributed by atoms with E-state index in [0.29, 0.717) is 16.3 Å². The summed E-state index contributed by atoms with van der Waals surface area (Å²) in [4.78, 5) is 18.9. The van der Waals surface area contributed by atoms with Crippen LogP contribution >= 0.6 is 11.6 Å². The first-order valence-electron chi connectivity index (χ1n) is 9.26. The molecule has 0 bridgehead atoms. The molecule has 2 aromatic heterocycles. The van der Waals surface area contributed by atoms with E-state index in [9.17, 15) is 4.79 Å². The molecule has 2 atom stereocenters. The second-order valence-electron chi connectivity index (χ2n) is 6.96. The van der Waals surface area contributed by atoms with Gasteiger partial charge in [-0.05, 0) is 56.0 Å². The highest BCUT2D eigenvalue weighted by Crippen LogP contribution is 2.24. The predicted molar refractivity (Wildman–Crippen MR) is 108 cm³/mol. The van der Waals surface area contributed by atoms with Crippen LogP contribution < -0.4 is 10.6 Å². The van der Waals surface area contributed by atoms with Crippen molar-refractivity contribution in [2.45, 2.75) is 38.3 Å². The molecule has 0 spiro atoms. The molecule has 1 aliphatic rings. The van der Waals surface area contributed by atoms with Gasteiger partial charge in [-0.2, -0.15) is 15.0 Å². The maximum absolute atomic E-state index is 13.0. The molecule has 0 unspecified atom stereocenters. The first-order valence-corrected chi connectivity index (χ1v) is 9.64. The van der Waals surface area contributed by atoms with Gasteiger partial charge in [0.1, 0.15) is 5.82 Å². The monoisotopic (exact) mass is 396 g/mol. The van der Waals surface area contributed by atoms with E-state index in [1.165, 1.54) is 4.80 Å². The van der Waals surface area contributed by atoms with Crippen LogP contribution in [0, 0.1) is 6.92 Å². The largest absolute Gasteiger partial charge is 0.365 e. The van der Waals surface area contributed by atoms with E-state index in [1.54, 1.807) is 30.6 Å². The van der Waals surface area contributed by atoms with Crippen molar-refractivity contribution >= 4 is 23.3 Å². The second-order valence-corrected chi connectivity index (χ2v) is 7.40. The van der Waals surface area contributed by atoms with Crippen molar-refractivity contribution < 1.29 is 4.79 Å². The van der Waals surface area contributed by atoms with E-state index in [2.05, 4.69) is 25.8 Å². The summed E-state index contributed by atoms with van der Waals surface area (Å²) in [5, 5.41) is 15.3. The molecule has 1 aromatic carbocycles. The van der Waals surface area contributed by atoms with Gasteiger partial charge in [-0.1, -0.05) is 17.7 Å². The van der Waals surface area contributed by atoms with Gasteiger partial charge in [0.2, 0.25) is 0 Å². The molecule has 144 valence electrons. The van der Waals surface area contributed by atoms with Crippen molar-refractivity contribution in [3.63, 3.8) is 0 Å². The number of halogens is 1. The lowest BCUT2D eigenvalue weighted by atomic mass is 10.1. The molecular formula is C20H21ClN6O. The zero-order chi connectivity index (χ0) is 19.5. The number of nitrogens with zero attached hydrogens (tertiary/aromatic N) is 4. The standard InChI is InChI=1S/C20H21ClN6O/c1-13-5-8-19(22-12-13)25-16-3-2-4-17(16)26-20(28)15-11-14(21)6-7-18(15)27-23-9-10-24-27/h5-12,16-17H,2-4H2,1H3,(H,22,25)(H,26,28)/t16-,17-/m0/s1. The first-order chi connectivity index (χ1) is 13.6. The summed E-state index contributed by atoms with van der Waals surface area (Å²) in [5.74, 6) is 0.631. The lowest BCUT2D eigenvalue weighted by Crippen LogP contribution is -2.43. The fourth-order valence-corrected chi connectivity index (χ4v) is 3.67. The van der Waals surface area contributed by atoms with E-state index >= 15 is 0 Å². The van der Waals surface area contributed by atoms with Gasteiger partial charge in [-0.25, -0.2) is 4.98 Å². The molecule has 0 radical (unpaired) electrons. The Kier molecular flexibility index (Phi) is 5.25. The molecule has 1 saturated carbocycles. The molecule has 1 aliphatic carbocycles. The van der Waals surface area contributed by atoms with E-state index < -0.39 is 0 Å². The van der Waals surface area contributed by atoms with Crippen molar-refractivity contribution in [3.05, 3.63) is 65.1 Å². The van der Waals surface area contributed by atoms with Gasteiger partial charge in [0.25, 0.3) is 5.91 Å². The third-order valence-electron chi connectivity index (χ3n) is 4.91. The Morgan fingerprint density at radius 1 is 1.14 bits per heavy atom. The van der Waals surface area contributed by atoms with Crippen molar-refractivity contribution in [1.29, 1.82) is 0 Å². The number of aryl methyl sites for hydroxylation is 1. The van der Waals surface area contributed by atoms with Gasteiger partial charge < -0.3 is 10.6 Å². The zero-order valence-electron chi connectivity index (χ0n) is 15.5. The molecule has 0 saturated heterocycles. The van der Waals surface area contributed by atoms with Gasteiger partial charge in [-0.3, -0.25) is 4.79 Å². The number of hydrogen-bond acceptors (Lipinski definition) is 5. The van der Waals surface area contributed by atoms with Gasteiger partial charge in [-0.15, -0.1) is 0 Å². The van der Waals surface area contributed by atoms with E-state index in [0.717, 1.165) is 30.6 Å². The van der Waals surface area contributed by atoms with Crippen LogP contribution in [0.4, 0.5) is 5.82 Å². The van der Waals surface area contributed by atoms with Crippen molar-refractivity contribution in [3.8, 4) is 5.69 Å². The number of rotatable bonds is 5. The lowest BCUT2D eigenvalue weighted by molar-refractivity contribution is 0.0935. The predicted octanol–water partition coefficient (Wildman–Crippen LogP) is 3.39. The molecule has 1 amide bonds. The number of benzene rings is 1. The summed E-state index contributed by atoms with van der Waals surface area (Å²) >= 11 is 6.14. The topological polar surface area (TPSA) is 84.7 Å². The molecule has 7 nitrogen and oxygen atoms in total. The Hall–Kier alpha value is -2.93. The summed E-state index contributed by atoms with van der Waals surface area (Å²) in [6, 6.07) is 9.24. The molecular weight excluding hydrogens is 376 g/mol. The fraction of sp³-hybridized carbons (Fsp3) is 0.300. The zero-order valence-corrected chi connectivity index (χ0v) is 16.2. The summed E-state index contributed by atoms with van der Waals surface area (Å²) in [6.07, 6.45) is 7.90. The fourth-order valence-electron chi connectivity index (χ4n) is 3.50. The van der Waals surface area contributed by atoms with Crippen LogP contribution in [0.25, 0.3) is 5.69 Å². The van der Waals surface area contributed by atoms with Crippen LogP contribution in [0.1, 0.15) is 35.2 Å². The third-order valence-corrected chi connectivity index (χ3v) is 5.15. The maximum Gasteiger partial charge on any atom is 0.253 e. The molecule has 28 heavy (non-hydrogen) atoms. The number of pyridine rings is 1. The molecule has 2 N–H and O–H groups in total. The number of aromatic nitrogens is 4. The molecule has 2 heterocycles. The highest BCUT2D eigenvalue weighted by molar-refractivity contribution is 6.31. The number of carbonyl (C=O) groups excluding carboxylic acids is 1. The highest BCUT2D eigenvalue weighted by Gasteiger charge is 2.30. The maximum atomic E-state index is 13.0. The number of hydrogen-bond donors (Lipinski definition) is 2. The van der Waals surface area contributed by atoms with E-state index in [-0.39, 0.29) is 18.0 Å². The SMILES string of the molecule is Cc1ccc(N[C@H]2CCC[C@@H]2NC(=O)c2cc(Cl)ccc2-n2nccn2)nc1. The second kappa shape index (κ2) is 7.98. The number of carbonyl (C=O) groups is 1. The summed E-state index contributed by atoms with van der Waals surface area (Å²) in [7, 11) is 0. The average molecular weight is 397 g/mol. The Balaban J connectivity index is 1.51. The minimum Gasteiger partial charge on any atom is -0.365 e. The van der Waals surface area contributed by atoms with Crippen LogP contribution in [0.5, 0.6) is 0 Å². The Labute approximate surface area is 168 Å². The Bertz CT molecular complexity index is 957.